The van der Waals surface area contributed by atoms with E-state index in [1.165, 1.54) is 0 Å². The molecule has 0 saturated heterocycles. The van der Waals surface area contributed by atoms with Gasteiger partial charge in [-0.25, -0.2) is 0 Å². The number of rotatable bonds is 3. The molecule has 0 bridgehead atoms. The van der Waals surface area contributed by atoms with Gasteiger partial charge in [0.1, 0.15) is 0 Å². The van der Waals surface area contributed by atoms with Crippen LogP contribution < -0.4 is 20.5 Å². The lowest BCUT2D eigenvalue weighted by Crippen LogP contribution is -2.14. The van der Waals surface area contributed by atoms with Gasteiger partial charge in [-0.3, -0.25) is 9.89 Å². The van der Waals surface area contributed by atoms with Crippen LogP contribution in [0.25, 0.3) is 0 Å². The maximum Gasteiger partial charge on any atom is 0.259 e. The Kier molecular flexibility index (Phi) is 2.94. The number of aromatic nitrogens is 2. The predicted octanol–water partition coefficient (Wildman–Crippen LogP) is 1.54. The second-order valence-corrected chi connectivity index (χ2v) is 4.38. The monoisotopic (exact) mass is 274 g/mol. The van der Waals surface area contributed by atoms with Crippen LogP contribution in [0.2, 0.25) is 0 Å². The normalized spacial score (nSPS) is 12.4. The van der Waals surface area contributed by atoms with E-state index in [9.17, 15) is 4.79 Å². The highest BCUT2D eigenvalue weighted by molar-refractivity contribution is 6.07. The maximum absolute atomic E-state index is 12.2. The van der Waals surface area contributed by atoms with Gasteiger partial charge in [-0.05, 0) is 12.5 Å². The highest BCUT2D eigenvalue weighted by Gasteiger charge is 2.20. The number of amides is 1. The zero-order chi connectivity index (χ0) is 14.1. The number of aromatic amines is 1. The molecule has 0 fully saturated rings. The number of carbonyl (C=O) groups is 1. The fourth-order valence-electron chi connectivity index (χ4n) is 1.94. The van der Waals surface area contributed by atoms with Gasteiger partial charge in [0.15, 0.2) is 17.3 Å². The number of hydrogen-bond acceptors (Lipinski definition) is 5. The summed E-state index contributed by atoms with van der Waals surface area (Å²) in [5, 5.41) is 9.52. The fraction of sp³-hybridized carbons (Fsp3) is 0.231. The van der Waals surface area contributed by atoms with Gasteiger partial charge >= 0.3 is 0 Å². The molecule has 1 aromatic carbocycles. The molecule has 104 valence electrons. The lowest BCUT2D eigenvalue weighted by Gasteiger charge is -2.06. The molecular weight excluding hydrogens is 260 g/mol. The quantitative estimate of drug-likeness (QED) is 0.737. The van der Waals surface area contributed by atoms with Crippen molar-refractivity contribution in [1.29, 1.82) is 0 Å². The summed E-state index contributed by atoms with van der Waals surface area (Å²) in [6, 6.07) is 4.93. The predicted molar refractivity (Wildman–Crippen MR) is 72.9 cm³/mol. The topological polar surface area (TPSA) is 102 Å². The van der Waals surface area contributed by atoms with Crippen molar-refractivity contribution in [2.75, 3.05) is 17.8 Å². The molecule has 1 aromatic heterocycles. The molecule has 1 aliphatic rings. The van der Waals surface area contributed by atoms with Crippen molar-refractivity contribution in [3.63, 3.8) is 0 Å². The first kappa shape index (κ1) is 12.3. The molecule has 0 radical (unpaired) electrons. The summed E-state index contributed by atoms with van der Waals surface area (Å²) >= 11 is 0. The molecule has 0 aliphatic carbocycles. The first-order valence-electron chi connectivity index (χ1n) is 6.22. The van der Waals surface area contributed by atoms with Crippen molar-refractivity contribution in [3.8, 4) is 11.5 Å². The number of benzene rings is 1. The van der Waals surface area contributed by atoms with E-state index in [-0.39, 0.29) is 12.7 Å². The number of ether oxygens (including phenoxy) is 2. The Hall–Kier alpha value is -2.70. The Morgan fingerprint density at radius 1 is 1.40 bits per heavy atom. The second-order valence-electron chi connectivity index (χ2n) is 4.38. The van der Waals surface area contributed by atoms with E-state index in [1.54, 1.807) is 18.2 Å². The largest absolute Gasteiger partial charge is 0.454 e. The zero-order valence-electron chi connectivity index (χ0n) is 10.9. The molecule has 1 amide bonds. The number of carbonyl (C=O) groups excluding carboxylic acids is 1. The summed E-state index contributed by atoms with van der Waals surface area (Å²) in [5.41, 5.74) is 7.46. The Balaban J connectivity index is 1.83. The van der Waals surface area contributed by atoms with Crippen LogP contribution in [-0.4, -0.2) is 22.9 Å². The standard InChI is InChI=1S/C13H14N4O3/c1-2-7-3-12(17-16-7)15-13(18)8-4-10-11(5-9(8)14)20-6-19-10/h3-5H,2,6,14H2,1H3,(H2,15,16,17,18). The number of nitrogens with zero attached hydrogens (tertiary/aromatic N) is 1. The van der Waals surface area contributed by atoms with E-state index < -0.39 is 0 Å². The van der Waals surface area contributed by atoms with Crippen LogP contribution in [-0.2, 0) is 6.42 Å². The van der Waals surface area contributed by atoms with Gasteiger partial charge in [-0.1, -0.05) is 6.92 Å². The van der Waals surface area contributed by atoms with Crippen LogP contribution in [0.3, 0.4) is 0 Å². The molecular formula is C13H14N4O3. The third-order valence-electron chi connectivity index (χ3n) is 3.04. The summed E-state index contributed by atoms with van der Waals surface area (Å²) in [5.74, 6) is 1.19. The van der Waals surface area contributed by atoms with Crippen LogP contribution in [0.4, 0.5) is 11.5 Å². The molecule has 2 heterocycles. The SMILES string of the molecule is CCc1cc(NC(=O)c2cc3c(cc2N)OCO3)n[nH]1. The van der Waals surface area contributed by atoms with Crippen LogP contribution in [0, 0.1) is 0 Å². The Morgan fingerprint density at radius 3 is 2.85 bits per heavy atom. The molecule has 20 heavy (non-hydrogen) atoms. The molecule has 7 heteroatoms. The van der Waals surface area contributed by atoms with Crippen LogP contribution in [0.1, 0.15) is 23.0 Å². The minimum Gasteiger partial charge on any atom is -0.454 e. The van der Waals surface area contributed by atoms with Gasteiger partial charge < -0.3 is 20.5 Å². The molecule has 0 spiro atoms. The zero-order valence-corrected chi connectivity index (χ0v) is 10.9. The average Bonchev–Trinajstić information content (AvgIpc) is 3.05. The van der Waals surface area contributed by atoms with Crippen molar-refractivity contribution in [3.05, 3.63) is 29.5 Å². The van der Waals surface area contributed by atoms with E-state index in [2.05, 4.69) is 15.5 Å². The minimum absolute atomic E-state index is 0.138. The summed E-state index contributed by atoms with van der Waals surface area (Å²) in [7, 11) is 0. The van der Waals surface area contributed by atoms with Gasteiger partial charge in [0.25, 0.3) is 5.91 Å². The van der Waals surface area contributed by atoms with E-state index in [0.717, 1.165) is 12.1 Å². The molecule has 7 nitrogen and oxygen atoms in total. The van der Waals surface area contributed by atoms with Crippen molar-refractivity contribution in [2.45, 2.75) is 13.3 Å². The maximum atomic E-state index is 12.2. The third kappa shape index (κ3) is 2.13. The number of H-pyrrole nitrogens is 1. The van der Waals surface area contributed by atoms with Gasteiger partial charge in [0.05, 0.1) is 5.56 Å². The van der Waals surface area contributed by atoms with Crippen molar-refractivity contribution >= 4 is 17.4 Å². The fourth-order valence-corrected chi connectivity index (χ4v) is 1.94. The highest BCUT2D eigenvalue weighted by Crippen LogP contribution is 2.36. The number of nitrogen functional groups attached to an aromatic ring is 1. The lowest BCUT2D eigenvalue weighted by atomic mass is 10.1. The molecule has 0 unspecified atom stereocenters. The van der Waals surface area contributed by atoms with Gasteiger partial charge in [-0.2, -0.15) is 5.10 Å². The van der Waals surface area contributed by atoms with Crippen molar-refractivity contribution in [1.82, 2.24) is 10.2 Å². The van der Waals surface area contributed by atoms with Gasteiger partial charge in [0, 0.05) is 23.5 Å². The number of fused-ring (bicyclic) bond motifs is 1. The Morgan fingerprint density at radius 2 is 2.15 bits per heavy atom. The van der Waals surface area contributed by atoms with Crippen LogP contribution >= 0.6 is 0 Å². The molecule has 0 saturated carbocycles. The van der Waals surface area contributed by atoms with E-state index >= 15 is 0 Å². The van der Waals surface area contributed by atoms with Crippen molar-refractivity contribution in [2.24, 2.45) is 0 Å². The lowest BCUT2D eigenvalue weighted by molar-refractivity contribution is 0.102. The van der Waals surface area contributed by atoms with E-state index in [1.807, 2.05) is 6.92 Å². The second kappa shape index (κ2) is 4.76. The number of aryl methyl sites for hydroxylation is 1. The first-order valence-corrected chi connectivity index (χ1v) is 6.22. The van der Waals surface area contributed by atoms with E-state index in [4.69, 9.17) is 15.2 Å². The number of nitrogens with one attached hydrogen (secondary N) is 2. The number of hydrogen-bond donors (Lipinski definition) is 3. The summed E-state index contributed by atoms with van der Waals surface area (Å²) in [6.07, 6.45) is 0.815. The summed E-state index contributed by atoms with van der Waals surface area (Å²) in [4.78, 5) is 12.2. The van der Waals surface area contributed by atoms with E-state index in [0.29, 0.717) is 28.6 Å². The third-order valence-corrected chi connectivity index (χ3v) is 3.04. The first-order chi connectivity index (χ1) is 9.67. The highest BCUT2D eigenvalue weighted by atomic mass is 16.7. The summed E-state index contributed by atoms with van der Waals surface area (Å²) in [6.45, 7) is 2.13. The molecule has 3 rings (SSSR count). The smallest absolute Gasteiger partial charge is 0.259 e. The average molecular weight is 274 g/mol. The number of anilines is 2. The van der Waals surface area contributed by atoms with Crippen molar-refractivity contribution < 1.29 is 14.3 Å². The number of nitrogens with two attached hydrogens (primary N) is 1. The molecule has 0 atom stereocenters. The molecule has 4 N–H and O–H groups in total. The van der Waals surface area contributed by atoms with Crippen LogP contribution in [0.15, 0.2) is 18.2 Å². The molecule has 2 aromatic rings. The minimum atomic E-state index is -0.338. The molecule has 1 aliphatic heterocycles. The van der Waals surface area contributed by atoms with Crippen LogP contribution in [0.5, 0.6) is 11.5 Å². The van der Waals surface area contributed by atoms with Gasteiger partial charge in [-0.15, -0.1) is 0 Å². The van der Waals surface area contributed by atoms with Gasteiger partial charge in [0.2, 0.25) is 6.79 Å². The summed E-state index contributed by atoms with van der Waals surface area (Å²) < 4.78 is 10.4. The Labute approximate surface area is 115 Å². The Bertz CT molecular complexity index is 666.